The van der Waals surface area contributed by atoms with E-state index in [4.69, 9.17) is 0 Å². The molecule has 4 rings (SSSR count). The van der Waals surface area contributed by atoms with Crippen molar-refractivity contribution in [2.24, 2.45) is 5.92 Å². The van der Waals surface area contributed by atoms with Crippen LogP contribution in [-0.2, 0) is 4.79 Å². The van der Waals surface area contributed by atoms with E-state index in [-0.39, 0.29) is 24.4 Å². The standard InChI is InChI=1S/C18H23N5O.ClH/c1-11-19-17(23-22-11)12-6-8-14(9-7-12)20-18(24)16-10-13-4-2-3-5-15(13)21-16;/h6-9,13,15-16,21H,2-5,10H2,1H3,(H,20,24)(H,19,22,23);1H. The topological polar surface area (TPSA) is 82.7 Å². The van der Waals surface area contributed by atoms with Crippen molar-refractivity contribution < 1.29 is 4.79 Å². The first-order chi connectivity index (χ1) is 11.7. The van der Waals surface area contributed by atoms with E-state index in [1.54, 1.807) is 0 Å². The Morgan fingerprint density at radius 1 is 1.20 bits per heavy atom. The summed E-state index contributed by atoms with van der Waals surface area (Å²) in [4.78, 5) is 16.8. The lowest BCUT2D eigenvalue weighted by Crippen LogP contribution is -2.39. The molecular weight excluding hydrogens is 338 g/mol. The van der Waals surface area contributed by atoms with Crippen LogP contribution >= 0.6 is 12.4 Å². The van der Waals surface area contributed by atoms with Gasteiger partial charge in [0.2, 0.25) is 5.91 Å². The molecule has 2 aromatic rings. The van der Waals surface area contributed by atoms with Crippen molar-refractivity contribution >= 4 is 24.0 Å². The number of halogens is 1. The number of carbonyl (C=O) groups excluding carboxylic acids is 1. The van der Waals surface area contributed by atoms with Crippen LogP contribution in [0.15, 0.2) is 24.3 Å². The number of hydrogen-bond acceptors (Lipinski definition) is 4. The summed E-state index contributed by atoms with van der Waals surface area (Å²) in [6.45, 7) is 1.87. The normalized spacial score (nSPS) is 25.1. The highest BCUT2D eigenvalue weighted by Gasteiger charge is 2.38. The van der Waals surface area contributed by atoms with Gasteiger partial charge in [-0.25, -0.2) is 4.98 Å². The summed E-state index contributed by atoms with van der Waals surface area (Å²) in [5, 5.41) is 13.5. The number of carbonyl (C=O) groups is 1. The average Bonchev–Trinajstić information content (AvgIpc) is 3.21. The van der Waals surface area contributed by atoms with Crippen LogP contribution in [0.5, 0.6) is 0 Å². The molecule has 1 aliphatic carbocycles. The zero-order valence-electron chi connectivity index (χ0n) is 14.3. The maximum absolute atomic E-state index is 12.5. The molecule has 6 nitrogen and oxygen atoms in total. The molecule has 134 valence electrons. The summed E-state index contributed by atoms with van der Waals surface area (Å²) in [5.41, 5.74) is 1.75. The van der Waals surface area contributed by atoms with Crippen molar-refractivity contribution in [1.29, 1.82) is 0 Å². The van der Waals surface area contributed by atoms with Gasteiger partial charge in [0.05, 0.1) is 6.04 Å². The fourth-order valence-electron chi connectivity index (χ4n) is 3.92. The molecule has 3 unspecified atom stereocenters. The molecule has 0 bridgehead atoms. The zero-order chi connectivity index (χ0) is 16.5. The quantitative estimate of drug-likeness (QED) is 0.784. The summed E-state index contributed by atoms with van der Waals surface area (Å²) in [5.74, 6) is 2.21. The maximum atomic E-state index is 12.5. The molecule has 2 heterocycles. The van der Waals surface area contributed by atoms with E-state index in [1.165, 1.54) is 25.7 Å². The largest absolute Gasteiger partial charge is 0.325 e. The molecule has 1 aromatic carbocycles. The first-order valence-electron chi connectivity index (χ1n) is 8.75. The maximum Gasteiger partial charge on any atom is 0.241 e. The van der Waals surface area contributed by atoms with Gasteiger partial charge in [-0.1, -0.05) is 12.8 Å². The van der Waals surface area contributed by atoms with Crippen LogP contribution in [0.3, 0.4) is 0 Å². The Kier molecular flexibility index (Phi) is 5.39. The molecule has 1 saturated heterocycles. The SMILES string of the molecule is Cc1nc(-c2ccc(NC(=O)C3CC4CCCCC4N3)cc2)n[nH]1.Cl. The molecule has 0 spiro atoms. The van der Waals surface area contributed by atoms with Crippen molar-refractivity contribution in [3.8, 4) is 11.4 Å². The number of amides is 1. The Balaban J connectivity index is 0.00000182. The minimum absolute atomic E-state index is 0. The van der Waals surface area contributed by atoms with Gasteiger partial charge in [0.1, 0.15) is 5.82 Å². The molecule has 1 aromatic heterocycles. The summed E-state index contributed by atoms with van der Waals surface area (Å²) in [7, 11) is 0. The van der Waals surface area contributed by atoms with Gasteiger partial charge in [0, 0.05) is 17.3 Å². The van der Waals surface area contributed by atoms with Gasteiger partial charge < -0.3 is 10.6 Å². The van der Waals surface area contributed by atoms with E-state index < -0.39 is 0 Å². The third-order valence-electron chi connectivity index (χ3n) is 5.19. The lowest BCUT2D eigenvalue weighted by atomic mass is 9.85. The third-order valence-corrected chi connectivity index (χ3v) is 5.19. The van der Waals surface area contributed by atoms with Crippen molar-refractivity contribution in [3.63, 3.8) is 0 Å². The van der Waals surface area contributed by atoms with Gasteiger partial charge in [-0.15, -0.1) is 12.4 Å². The van der Waals surface area contributed by atoms with Gasteiger partial charge in [-0.05, 0) is 56.4 Å². The van der Waals surface area contributed by atoms with Gasteiger partial charge in [0.15, 0.2) is 5.82 Å². The number of nitrogens with zero attached hydrogens (tertiary/aromatic N) is 2. The highest BCUT2D eigenvalue weighted by Crippen LogP contribution is 2.33. The van der Waals surface area contributed by atoms with E-state index in [1.807, 2.05) is 31.2 Å². The molecule has 0 radical (unpaired) electrons. The lowest BCUT2D eigenvalue weighted by Gasteiger charge is -2.24. The van der Waals surface area contributed by atoms with Crippen LogP contribution in [-0.4, -0.2) is 33.2 Å². The smallest absolute Gasteiger partial charge is 0.241 e. The monoisotopic (exact) mass is 361 g/mol. The summed E-state index contributed by atoms with van der Waals surface area (Å²) in [6, 6.07) is 8.14. The fourth-order valence-corrected chi connectivity index (χ4v) is 3.92. The van der Waals surface area contributed by atoms with Crippen LogP contribution in [0.4, 0.5) is 5.69 Å². The molecule has 1 saturated carbocycles. The molecule has 2 fully saturated rings. The molecule has 25 heavy (non-hydrogen) atoms. The Labute approximate surface area is 153 Å². The molecule has 1 aliphatic heterocycles. The van der Waals surface area contributed by atoms with Gasteiger partial charge in [-0.2, -0.15) is 5.10 Å². The van der Waals surface area contributed by atoms with E-state index in [2.05, 4.69) is 25.8 Å². The minimum Gasteiger partial charge on any atom is -0.325 e. The summed E-state index contributed by atoms with van der Waals surface area (Å²) < 4.78 is 0. The number of aromatic nitrogens is 3. The van der Waals surface area contributed by atoms with Crippen molar-refractivity contribution in [1.82, 2.24) is 20.5 Å². The highest BCUT2D eigenvalue weighted by atomic mass is 35.5. The van der Waals surface area contributed by atoms with Crippen molar-refractivity contribution in [2.75, 3.05) is 5.32 Å². The van der Waals surface area contributed by atoms with E-state index in [0.29, 0.717) is 17.8 Å². The molecule has 2 aliphatic rings. The number of aryl methyl sites for hydroxylation is 1. The summed E-state index contributed by atoms with van der Waals surface area (Å²) in [6.07, 6.45) is 6.01. The number of benzene rings is 1. The molecule has 1 amide bonds. The fraction of sp³-hybridized carbons (Fsp3) is 0.500. The van der Waals surface area contributed by atoms with Crippen LogP contribution in [0, 0.1) is 12.8 Å². The zero-order valence-corrected chi connectivity index (χ0v) is 15.1. The van der Waals surface area contributed by atoms with E-state index in [9.17, 15) is 4.79 Å². The second-order valence-electron chi connectivity index (χ2n) is 6.92. The number of fused-ring (bicyclic) bond motifs is 1. The highest BCUT2D eigenvalue weighted by molar-refractivity contribution is 5.95. The summed E-state index contributed by atoms with van der Waals surface area (Å²) >= 11 is 0. The Morgan fingerprint density at radius 2 is 1.96 bits per heavy atom. The first-order valence-corrected chi connectivity index (χ1v) is 8.75. The lowest BCUT2D eigenvalue weighted by molar-refractivity contribution is -0.117. The van der Waals surface area contributed by atoms with Crippen LogP contribution in [0.25, 0.3) is 11.4 Å². The molecule has 3 N–H and O–H groups in total. The van der Waals surface area contributed by atoms with Crippen molar-refractivity contribution in [2.45, 2.75) is 51.1 Å². The molecular formula is C18H24ClN5O. The Morgan fingerprint density at radius 3 is 2.64 bits per heavy atom. The number of hydrogen-bond donors (Lipinski definition) is 3. The molecule has 3 atom stereocenters. The molecule has 7 heteroatoms. The Bertz CT molecular complexity index is 715. The number of H-pyrrole nitrogens is 1. The number of nitrogens with one attached hydrogen (secondary N) is 3. The van der Waals surface area contributed by atoms with Gasteiger partial charge >= 0.3 is 0 Å². The van der Waals surface area contributed by atoms with E-state index >= 15 is 0 Å². The van der Waals surface area contributed by atoms with Gasteiger partial charge in [-0.3, -0.25) is 9.89 Å². The second kappa shape index (κ2) is 7.54. The van der Waals surface area contributed by atoms with Crippen LogP contribution in [0.2, 0.25) is 0 Å². The number of aromatic amines is 1. The third kappa shape index (κ3) is 3.85. The number of rotatable bonds is 3. The average molecular weight is 362 g/mol. The van der Waals surface area contributed by atoms with Crippen LogP contribution < -0.4 is 10.6 Å². The predicted octanol–water partition coefficient (Wildman–Crippen LogP) is 3.06. The van der Waals surface area contributed by atoms with Crippen molar-refractivity contribution in [3.05, 3.63) is 30.1 Å². The second-order valence-corrected chi connectivity index (χ2v) is 6.92. The van der Waals surface area contributed by atoms with Gasteiger partial charge in [0.25, 0.3) is 0 Å². The van der Waals surface area contributed by atoms with E-state index in [0.717, 1.165) is 23.5 Å². The van der Waals surface area contributed by atoms with Crippen LogP contribution in [0.1, 0.15) is 37.9 Å². The minimum atomic E-state index is -0.0616. The number of anilines is 1. The Hall–Kier alpha value is -1.92. The first kappa shape index (κ1) is 17.9. The predicted molar refractivity (Wildman–Crippen MR) is 99.7 cm³/mol.